The van der Waals surface area contributed by atoms with Crippen LogP contribution in [0, 0.1) is 0 Å². The van der Waals surface area contributed by atoms with Crippen LogP contribution in [-0.4, -0.2) is 55.3 Å². The van der Waals surface area contributed by atoms with Gasteiger partial charge >= 0.3 is 19.5 Å². The number of phosphoric ester groups is 1. The normalized spacial score (nSPS) is 24.0. The number of hydrogen-bond acceptors (Lipinski definition) is 9. The van der Waals surface area contributed by atoms with Crippen molar-refractivity contribution in [2.45, 2.75) is 24.5 Å². The van der Waals surface area contributed by atoms with Gasteiger partial charge in [-0.25, -0.2) is 14.2 Å². The lowest BCUT2D eigenvalue weighted by Crippen LogP contribution is -2.40. The van der Waals surface area contributed by atoms with Crippen LogP contribution in [0.4, 0.5) is 5.69 Å². The molecule has 2 heterocycles. The standard InChI is InChI=1S/C16H18N3O10P/c17-9-4-2-1-3-8(9)15(22)29-13-12(21)10(7-27-30(24,25)26)28-14(13)19-6-5-11(20)18-16(19)23/h1-6,10,12-14,21H,7,17H2,(H,18,20,23)(H2,24,25,26)/t10-,12-,13-,14-/m1/s1. The van der Waals surface area contributed by atoms with Gasteiger partial charge in [-0.1, -0.05) is 12.1 Å². The lowest BCUT2D eigenvalue weighted by Gasteiger charge is -2.22. The van der Waals surface area contributed by atoms with Gasteiger partial charge in [0.25, 0.3) is 5.56 Å². The van der Waals surface area contributed by atoms with E-state index in [4.69, 9.17) is 25.0 Å². The molecule has 1 aliphatic heterocycles. The number of esters is 1. The van der Waals surface area contributed by atoms with Gasteiger partial charge in [0.1, 0.15) is 12.2 Å². The number of nitrogens with zero attached hydrogens (tertiary/aromatic N) is 1. The van der Waals surface area contributed by atoms with Gasteiger partial charge in [0.15, 0.2) is 12.3 Å². The number of benzene rings is 1. The van der Waals surface area contributed by atoms with Crippen molar-refractivity contribution in [3.8, 4) is 0 Å². The number of aliphatic hydroxyl groups excluding tert-OH is 1. The molecule has 1 aromatic heterocycles. The molecule has 3 rings (SSSR count). The van der Waals surface area contributed by atoms with Crippen molar-refractivity contribution in [2.75, 3.05) is 12.3 Å². The second-order valence-corrected chi connectivity index (χ2v) is 7.56. The first-order valence-corrected chi connectivity index (χ1v) is 10.0. The summed E-state index contributed by atoms with van der Waals surface area (Å²) in [6.07, 6.45) is -4.86. The van der Waals surface area contributed by atoms with E-state index in [1.54, 1.807) is 6.07 Å². The van der Waals surface area contributed by atoms with Crippen molar-refractivity contribution in [3.63, 3.8) is 0 Å². The minimum atomic E-state index is -4.89. The van der Waals surface area contributed by atoms with Crippen molar-refractivity contribution >= 4 is 19.5 Å². The number of aliphatic hydroxyl groups is 1. The molecule has 0 unspecified atom stereocenters. The Morgan fingerprint density at radius 2 is 1.97 bits per heavy atom. The van der Waals surface area contributed by atoms with Crippen molar-refractivity contribution in [1.29, 1.82) is 0 Å². The average molecular weight is 443 g/mol. The average Bonchev–Trinajstić information content (AvgIpc) is 2.95. The first kappa shape index (κ1) is 21.9. The molecule has 4 atom stereocenters. The van der Waals surface area contributed by atoms with E-state index in [2.05, 4.69) is 4.52 Å². The second kappa shape index (κ2) is 8.52. The third-order valence-electron chi connectivity index (χ3n) is 4.27. The van der Waals surface area contributed by atoms with Crippen LogP contribution in [-0.2, 0) is 18.6 Å². The molecule has 1 aromatic carbocycles. The number of aromatic nitrogens is 2. The van der Waals surface area contributed by atoms with E-state index in [0.29, 0.717) is 0 Å². The van der Waals surface area contributed by atoms with E-state index in [1.807, 2.05) is 4.98 Å². The molecule has 0 spiro atoms. The number of rotatable bonds is 6. The topological polar surface area (TPSA) is 203 Å². The zero-order valence-electron chi connectivity index (χ0n) is 15.2. The minimum Gasteiger partial charge on any atom is -0.451 e. The fraction of sp³-hybridized carbons (Fsp3) is 0.312. The molecule has 6 N–H and O–H groups in total. The van der Waals surface area contributed by atoms with Crippen LogP contribution >= 0.6 is 7.82 Å². The number of nitrogen functional groups attached to an aromatic ring is 1. The summed E-state index contributed by atoms with van der Waals surface area (Å²) in [5.74, 6) is -0.931. The molecule has 1 aliphatic rings. The maximum Gasteiger partial charge on any atom is 0.469 e. The Labute approximate surface area is 167 Å². The van der Waals surface area contributed by atoms with E-state index >= 15 is 0 Å². The van der Waals surface area contributed by atoms with Crippen LogP contribution in [0.25, 0.3) is 0 Å². The molecule has 30 heavy (non-hydrogen) atoms. The largest absolute Gasteiger partial charge is 0.469 e. The number of aromatic amines is 1. The lowest BCUT2D eigenvalue weighted by atomic mass is 10.1. The molecule has 162 valence electrons. The number of ether oxygens (including phenoxy) is 2. The molecule has 1 fully saturated rings. The number of carbonyl (C=O) groups is 1. The molecule has 13 nitrogen and oxygen atoms in total. The molecule has 2 aromatic rings. The van der Waals surface area contributed by atoms with Gasteiger partial charge in [0.05, 0.1) is 12.2 Å². The van der Waals surface area contributed by atoms with Crippen molar-refractivity contribution < 1.29 is 38.3 Å². The molecule has 0 radical (unpaired) electrons. The highest BCUT2D eigenvalue weighted by Crippen LogP contribution is 2.39. The Kier molecular flexibility index (Phi) is 6.22. The Balaban J connectivity index is 1.91. The molecule has 0 bridgehead atoms. The number of carbonyl (C=O) groups excluding carboxylic acids is 1. The van der Waals surface area contributed by atoms with E-state index in [0.717, 1.165) is 16.8 Å². The predicted octanol–water partition coefficient (Wildman–Crippen LogP) is -1.29. The maximum absolute atomic E-state index is 12.5. The number of nitrogens with two attached hydrogens (primary N) is 1. The highest BCUT2D eigenvalue weighted by atomic mass is 31.2. The Morgan fingerprint density at radius 1 is 1.27 bits per heavy atom. The highest BCUT2D eigenvalue weighted by molar-refractivity contribution is 7.46. The number of H-pyrrole nitrogens is 1. The molecular formula is C16H18N3O10P. The van der Waals surface area contributed by atoms with Crippen LogP contribution in [0.5, 0.6) is 0 Å². The summed E-state index contributed by atoms with van der Waals surface area (Å²) in [5, 5.41) is 10.5. The van der Waals surface area contributed by atoms with Gasteiger partial charge in [-0.3, -0.25) is 18.9 Å². The first-order chi connectivity index (χ1) is 14.1. The molecule has 14 heteroatoms. The molecule has 0 saturated carbocycles. The van der Waals surface area contributed by atoms with Crippen molar-refractivity contribution in [1.82, 2.24) is 9.55 Å². The monoisotopic (exact) mass is 443 g/mol. The number of anilines is 1. The predicted molar refractivity (Wildman–Crippen MR) is 99.3 cm³/mol. The van der Waals surface area contributed by atoms with Crippen molar-refractivity contribution in [3.05, 3.63) is 62.9 Å². The molecule has 1 saturated heterocycles. The van der Waals surface area contributed by atoms with Gasteiger partial charge < -0.3 is 30.1 Å². The van der Waals surface area contributed by atoms with E-state index in [1.165, 1.54) is 18.2 Å². The SMILES string of the molecule is Nc1ccccc1C(=O)O[C@@H]1[C@H](O)[C@@H](COP(=O)(O)O)O[C@H]1n1ccc(=O)[nH]c1=O. The summed E-state index contributed by atoms with van der Waals surface area (Å²) in [5.41, 5.74) is 4.23. The minimum absolute atomic E-state index is 0.00724. The zero-order valence-corrected chi connectivity index (χ0v) is 16.0. The molecule has 0 aliphatic carbocycles. The van der Waals surface area contributed by atoms with Crippen molar-refractivity contribution in [2.24, 2.45) is 0 Å². The second-order valence-electron chi connectivity index (χ2n) is 6.32. The van der Waals surface area contributed by atoms with E-state index in [9.17, 15) is 24.1 Å². The van der Waals surface area contributed by atoms with Crippen LogP contribution in [0.1, 0.15) is 16.6 Å². The van der Waals surface area contributed by atoms with E-state index in [-0.39, 0.29) is 11.3 Å². The third-order valence-corrected chi connectivity index (χ3v) is 4.75. The fourth-order valence-corrected chi connectivity index (χ4v) is 3.22. The summed E-state index contributed by atoms with van der Waals surface area (Å²) >= 11 is 0. The van der Waals surface area contributed by atoms with Gasteiger partial charge in [-0.05, 0) is 12.1 Å². The van der Waals surface area contributed by atoms with Crippen LogP contribution in [0.2, 0.25) is 0 Å². The zero-order chi connectivity index (χ0) is 22.1. The Morgan fingerprint density at radius 3 is 2.60 bits per heavy atom. The summed E-state index contributed by atoms with van der Waals surface area (Å²) in [4.78, 5) is 55.7. The van der Waals surface area contributed by atoms with Crippen LogP contribution < -0.4 is 17.0 Å². The van der Waals surface area contributed by atoms with Crippen LogP contribution in [0.3, 0.4) is 0 Å². The lowest BCUT2D eigenvalue weighted by molar-refractivity contribution is -0.0597. The third kappa shape index (κ3) is 4.84. The Bertz CT molecular complexity index is 1090. The summed E-state index contributed by atoms with van der Waals surface area (Å²) in [6, 6.07) is 6.98. The van der Waals surface area contributed by atoms with Crippen LogP contribution in [0.15, 0.2) is 46.1 Å². The Hall–Kier alpha value is -2.80. The van der Waals surface area contributed by atoms with Gasteiger partial charge in [0, 0.05) is 18.0 Å². The number of hydrogen-bond donors (Lipinski definition) is 5. The summed E-state index contributed by atoms with van der Waals surface area (Å²) < 4.78 is 26.9. The van der Waals surface area contributed by atoms with E-state index < -0.39 is 56.2 Å². The summed E-state index contributed by atoms with van der Waals surface area (Å²) in [7, 11) is -4.89. The number of phosphoric acid groups is 1. The quantitative estimate of drug-likeness (QED) is 0.202. The molecular weight excluding hydrogens is 425 g/mol. The molecule has 0 amide bonds. The first-order valence-electron chi connectivity index (χ1n) is 8.47. The maximum atomic E-state index is 12.5. The highest BCUT2D eigenvalue weighted by Gasteiger charge is 2.48. The van der Waals surface area contributed by atoms with Gasteiger partial charge in [-0.2, -0.15) is 0 Å². The fourth-order valence-electron chi connectivity index (χ4n) is 2.88. The van der Waals surface area contributed by atoms with Gasteiger partial charge in [-0.15, -0.1) is 0 Å². The van der Waals surface area contributed by atoms with Gasteiger partial charge in [0.2, 0.25) is 0 Å². The summed E-state index contributed by atoms with van der Waals surface area (Å²) in [6.45, 7) is -0.762. The smallest absolute Gasteiger partial charge is 0.451 e. The number of nitrogens with one attached hydrogen (secondary N) is 1. The number of para-hydroxylation sites is 1.